The molecule has 1 aromatic rings. The molecule has 136 valence electrons. The van der Waals surface area contributed by atoms with Crippen LogP contribution < -0.4 is 4.90 Å². The number of carbonyl (C=O) groups is 1. The van der Waals surface area contributed by atoms with E-state index in [4.69, 9.17) is 10.2 Å². The Kier molecular flexibility index (Phi) is 4.93. The summed E-state index contributed by atoms with van der Waals surface area (Å²) in [4.78, 5) is 23.3. The predicted molar refractivity (Wildman–Crippen MR) is 102 cm³/mol. The quantitative estimate of drug-likeness (QED) is 0.765. The topological polar surface area (TPSA) is 63.5 Å². The molecular formula is C19H23N5OS. The molecule has 2 saturated heterocycles. The van der Waals surface area contributed by atoms with Crippen molar-refractivity contribution in [1.82, 2.24) is 14.8 Å². The van der Waals surface area contributed by atoms with E-state index in [-0.39, 0.29) is 6.03 Å². The second-order valence-electron chi connectivity index (χ2n) is 7.14. The van der Waals surface area contributed by atoms with Gasteiger partial charge in [0.2, 0.25) is 0 Å². The van der Waals surface area contributed by atoms with Crippen LogP contribution in [0.3, 0.4) is 0 Å². The van der Waals surface area contributed by atoms with Crippen LogP contribution in [0.2, 0.25) is 0 Å². The summed E-state index contributed by atoms with van der Waals surface area (Å²) in [7, 11) is 0. The van der Waals surface area contributed by atoms with Gasteiger partial charge in [0.05, 0.1) is 5.69 Å². The van der Waals surface area contributed by atoms with Gasteiger partial charge in [-0.1, -0.05) is 24.3 Å². The Hall–Kier alpha value is -2.33. The first kappa shape index (κ1) is 17.1. The minimum absolute atomic E-state index is 0.0617. The zero-order valence-corrected chi connectivity index (χ0v) is 15.6. The monoisotopic (exact) mass is 369 g/mol. The van der Waals surface area contributed by atoms with Crippen LogP contribution in [0.5, 0.6) is 0 Å². The Morgan fingerprint density at radius 3 is 3.00 bits per heavy atom. The number of thiazole rings is 1. The van der Waals surface area contributed by atoms with E-state index in [1.807, 2.05) is 9.80 Å². The maximum Gasteiger partial charge on any atom is 0.326 e. The fraction of sp³-hybridized carbons (Fsp3) is 0.526. The predicted octanol–water partition coefficient (Wildman–Crippen LogP) is 3.18. The maximum absolute atomic E-state index is 13.0. The largest absolute Gasteiger partial charge is 0.326 e. The molecule has 2 fully saturated rings. The number of carbonyl (C=O) groups excluding carboxylic acids is 1. The van der Waals surface area contributed by atoms with Crippen molar-refractivity contribution in [1.29, 1.82) is 5.26 Å². The molecule has 26 heavy (non-hydrogen) atoms. The lowest BCUT2D eigenvalue weighted by atomic mass is 9.98. The Morgan fingerprint density at radius 1 is 1.31 bits per heavy atom. The molecule has 4 rings (SSSR count). The van der Waals surface area contributed by atoms with Crippen LogP contribution >= 0.6 is 11.3 Å². The summed E-state index contributed by atoms with van der Waals surface area (Å²) in [5, 5.41) is 11.9. The van der Waals surface area contributed by atoms with E-state index in [1.165, 1.54) is 0 Å². The summed E-state index contributed by atoms with van der Waals surface area (Å²) in [5.41, 5.74) is 1.05. The normalized spacial score (nSPS) is 25.8. The van der Waals surface area contributed by atoms with Gasteiger partial charge in [-0.3, -0.25) is 4.90 Å². The van der Waals surface area contributed by atoms with Crippen molar-refractivity contribution < 1.29 is 4.79 Å². The third kappa shape index (κ3) is 3.47. The zero-order chi connectivity index (χ0) is 17.9. The highest BCUT2D eigenvalue weighted by Gasteiger charge is 2.32. The van der Waals surface area contributed by atoms with Gasteiger partial charge in [0.25, 0.3) is 0 Å². The molecule has 0 spiro atoms. The molecule has 7 heteroatoms. The highest BCUT2D eigenvalue weighted by Crippen LogP contribution is 2.31. The molecule has 2 atom stereocenters. The summed E-state index contributed by atoms with van der Waals surface area (Å²) >= 11 is 1.56. The molecule has 3 aliphatic rings. The number of hydrogen-bond acceptors (Lipinski definition) is 5. The van der Waals surface area contributed by atoms with Gasteiger partial charge in [0, 0.05) is 44.0 Å². The van der Waals surface area contributed by atoms with Crippen LogP contribution in [-0.2, 0) is 0 Å². The number of allylic oxidation sites excluding steroid dienone is 4. The average molecular weight is 369 g/mol. The minimum atomic E-state index is 0.0617. The van der Waals surface area contributed by atoms with Crippen molar-refractivity contribution >= 4 is 22.5 Å². The first-order chi connectivity index (χ1) is 12.7. The molecule has 0 saturated carbocycles. The lowest BCUT2D eigenvalue weighted by molar-refractivity contribution is 0.185. The summed E-state index contributed by atoms with van der Waals surface area (Å²) in [6.45, 7) is 3.85. The second-order valence-corrected chi connectivity index (χ2v) is 7.98. The van der Waals surface area contributed by atoms with Crippen LogP contribution in [-0.4, -0.2) is 53.5 Å². The maximum atomic E-state index is 13.0. The fourth-order valence-electron chi connectivity index (χ4n) is 3.88. The third-order valence-electron chi connectivity index (χ3n) is 5.32. The van der Waals surface area contributed by atoms with Crippen molar-refractivity contribution in [3.05, 3.63) is 35.4 Å². The second kappa shape index (κ2) is 7.50. The minimum Gasteiger partial charge on any atom is -0.324 e. The summed E-state index contributed by atoms with van der Waals surface area (Å²) in [5.74, 6) is 0.709. The van der Waals surface area contributed by atoms with Gasteiger partial charge in [-0.25, -0.2) is 9.78 Å². The van der Waals surface area contributed by atoms with E-state index in [0.29, 0.717) is 11.8 Å². The third-order valence-corrected chi connectivity index (χ3v) is 6.20. The molecule has 1 aromatic heterocycles. The molecule has 0 bridgehead atoms. The van der Waals surface area contributed by atoms with E-state index < -0.39 is 0 Å². The number of nitriles is 1. The molecule has 3 heterocycles. The molecule has 6 nitrogen and oxygen atoms in total. The van der Waals surface area contributed by atoms with Gasteiger partial charge in [0.15, 0.2) is 11.3 Å². The van der Waals surface area contributed by atoms with Crippen LogP contribution in [0.25, 0.3) is 0 Å². The smallest absolute Gasteiger partial charge is 0.324 e. The van der Waals surface area contributed by atoms with Gasteiger partial charge in [-0.05, 0) is 25.2 Å². The summed E-state index contributed by atoms with van der Waals surface area (Å²) in [6.07, 6.45) is 13.6. The number of anilines is 1. The standard InChI is InChI=1S/C19H23N5OS/c20-14-22-10-7-15(11-22)12-23-8-4-9-24(19(23)25)18-21-17(13-26-18)16-5-2-1-3-6-16/h1-3,5,13,15-16H,4,6-12H2. The lowest BCUT2D eigenvalue weighted by Gasteiger charge is -2.35. The lowest BCUT2D eigenvalue weighted by Crippen LogP contribution is -2.51. The molecule has 2 unspecified atom stereocenters. The van der Waals surface area contributed by atoms with Gasteiger partial charge in [-0.15, -0.1) is 11.3 Å². The number of hydrogen-bond donors (Lipinski definition) is 0. The number of rotatable bonds is 4. The van der Waals surface area contributed by atoms with E-state index in [1.54, 1.807) is 16.2 Å². The Bertz CT molecular complexity index is 764. The van der Waals surface area contributed by atoms with Gasteiger partial charge in [-0.2, -0.15) is 5.26 Å². The molecule has 0 aromatic carbocycles. The Balaban J connectivity index is 1.42. The van der Waals surface area contributed by atoms with E-state index in [2.05, 4.69) is 35.9 Å². The van der Waals surface area contributed by atoms with Crippen LogP contribution in [0.1, 0.15) is 30.9 Å². The van der Waals surface area contributed by atoms with Crippen molar-refractivity contribution in [3.8, 4) is 6.19 Å². The first-order valence-electron chi connectivity index (χ1n) is 9.24. The van der Waals surface area contributed by atoms with Crippen LogP contribution in [0, 0.1) is 17.4 Å². The number of urea groups is 1. The van der Waals surface area contributed by atoms with Crippen molar-refractivity contribution in [2.45, 2.75) is 25.2 Å². The highest BCUT2D eigenvalue weighted by atomic mass is 32.1. The van der Waals surface area contributed by atoms with E-state index >= 15 is 0 Å². The van der Waals surface area contributed by atoms with Crippen LogP contribution in [0.15, 0.2) is 29.7 Å². The van der Waals surface area contributed by atoms with Gasteiger partial charge in [0.1, 0.15) is 0 Å². The number of nitrogens with zero attached hydrogens (tertiary/aromatic N) is 5. The summed E-state index contributed by atoms with van der Waals surface area (Å²) < 4.78 is 0. The zero-order valence-electron chi connectivity index (χ0n) is 14.8. The molecular weight excluding hydrogens is 346 g/mol. The summed E-state index contributed by atoms with van der Waals surface area (Å²) in [6, 6.07) is 0.0617. The van der Waals surface area contributed by atoms with Crippen LogP contribution in [0.4, 0.5) is 9.93 Å². The number of aromatic nitrogens is 1. The molecule has 2 amide bonds. The van der Waals surface area contributed by atoms with Crippen molar-refractivity contribution in [2.75, 3.05) is 37.6 Å². The van der Waals surface area contributed by atoms with Crippen molar-refractivity contribution in [2.24, 2.45) is 5.92 Å². The number of likely N-dealkylation sites (tertiary alicyclic amines) is 1. The molecule has 0 radical (unpaired) electrons. The Labute approximate surface area is 158 Å². The van der Waals surface area contributed by atoms with E-state index in [0.717, 1.165) is 62.8 Å². The first-order valence-corrected chi connectivity index (χ1v) is 10.1. The molecule has 2 aliphatic heterocycles. The van der Waals surface area contributed by atoms with E-state index in [9.17, 15) is 4.79 Å². The van der Waals surface area contributed by atoms with Gasteiger partial charge < -0.3 is 9.80 Å². The fourth-order valence-corrected chi connectivity index (χ4v) is 4.79. The molecule has 0 N–H and O–H groups in total. The van der Waals surface area contributed by atoms with Gasteiger partial charge >= 0.3 is 6.03 Å². The average Bonchev–Trinajstić information content (AvgIpc) is 3.34. The highest BCUT2D eigenvalue weighted by molar-refractivity contribution is 7.14. The van der Waals surface area contributed by atoms with Crippen molar-refractivity contribution in [3.63, 3.8) is 0 Å². The SMILES string of the molecule is N#CN1CCC(CN2CCCN(c3nc(C4C=CC=CC4)cs3)C2=O)C1. The Morgan fingerprint density at radius 2 is 2.23 bits per heavy atom. The number of amides is 2. The molecule has 1 aliphatic carbocycles.